The Hall–Kier alpha value is -0.0800. The van der Waals surface area contributed by atoms with Crippen molar-refractivity contribution < 1.29 is 4.74 Å². The maximum absolute atomic E-state index is 5.54. The van der Waals surface area contributed by atoms with Gasteiger partial charge in [-0.2, -0.15) is 0 Å². The Morgan fingerprint density at radius 1 is 1.57 bits per heavy atom. The van der Waals surface area contributed by atoms with Crippen LogP contribution in [0.2, 0.25) is 0 Å². The fourth-order valence-electron chi connectivity index (χ4n) is 1.31. The Labute approximate surface area is 42.6 Å². The van der Waals surface area contributed by atoms with E-state index in [9.17, 15) is 0 Å². The Kier molecular flexibility index (Phi) is 0.557. The SMILES string of the molecule is NC1CC2COC12. The Bertz CT molecular complexity index is 90.1. The van der Waals surface area contributed by atoms with Crippen molar-refractivity contribution in [1.82, 2.24) is 0 Å². The number of fused-ring (bicyclic) bond motifs is 1. The molecule has 1 heterocycles. The molecule has 2 N–H and O–H groups in total. The molecule has 0 aromatic carbocycles. The van der Waals surface area contributed by atoms with Crippen molar-refractivity contribution in [2.24, 2.45) is 11.7 Å². The first kappa shape index (κ1) is 3.87. The first-order valence-electron chi connectivity index (χ1n) is 2.75. The fraction of sp³-hybridized carbons (Fsp3) is 1.00. The van der Waals surface area contributed by atoms with Gasteiger partial charge in [-0.1, -0.05) is 0 Å². The number of hydrogen-bond donors (Lipinski definition) is 1. The summed E-state index contributed by atoms with van der Waals surface area (Å²) in [6, 6.07) is 0.374. The number of hydrogen-bond acceptors (Lipinski definition) is 2. The van der Waals surface area contributed by atoms with Gasteiger partial charge in [-0.3, -0.25) is 0 Å². The summed E-state index contributed by atoms with van der Waals surface area (Å²) in [5, 5.41) is 0. The zero-order valence-corrected chi connectivity index (χ0v) is 4.13. The van der Waals surface area contributed by atoms with Crippen LogP contribution in [-0.2, 0) is 4.74 Å². The summed E-state index contributed by atoms with van der Waals surface area (Å²) in [5.41, 5.74) is 5.54. The van der Waals surface area contributed by atoms with Crippen LogP contribution >= 0.6 is 0 Å². The van der Waals surface area contributed by atoms with E-state index in [1.807, 2.05) is 0 Å². The van der Waals surface area contributed by atoms with Gasteiger partial charge in [0.2, 0.25) is 0 Å². The van der Waals surface area contributed by atoms with Crippen LogP contribution < -0.4 is 5.73 Å². The fourth-order valence-corrected chi connectivity index (χ4v) is 1.31. The lowest BCUT2D eigenvalue weighted by molar-refractivity contribution is -0.186. The maximum Gasteiger partial charge on any atom is 0.0776 e. The predicted octanol–water partition coefficient (Wildman–Crippen LogP) is -0.268. The van der Waals surface area contributed by atoms with Gasteiger partial charge in [0.05, 0.1) is 12.7 Å². The highest BCUT2D eigenvalue weighted by atomic mass is 16.5. The molecule has 2 fully saturated rings. The average Bonchev–Trinajstić information content (AvgIpc) is 1.59. The van der Waals surface area contributed by atoms with E-state index in [0.29, 0.717) is 12.1 Å². The first-order valence-corrected chi connectivity index (χ1v) is 2.75. The highest BCUT2D eigenvalue weighted by Crippen LogP contribution is 2.37. The third-order valence-corrected chi connectivity index (χ3v) is 1.96. The van der Waals surface area contributed by atoms with Crippen LogP contribution in [-0.4, -0.2) is 18.8 Å². The van der Waals surface area contributed by atoms with E-state index in [1.54, 1.807) is 0 Å². The van der Waals surface area contributed by atoms with Crippen LogP contribution in [0.5, 0.6) is 0 Å². The summed E-state index contributed by atoms with van der Waals surface area (Å²) >= 11 is 0. The normalized spacial score (nSPS) is 57.0. The third kappa shape index (κ3) is 0.318. The number of rotatable bonds is 0. The monoisotopic (exact) mass is 99.1 g/mol. The summed E-state index contributed by atoms with van der Waals surface area (Å²) in [4.78, 5) is 0. The molecule has 40 valence electrons. The highest BCUT2D eigenvalue weighted by Gasteiger charge is 2.46. The largest absolute Gasteiger partial charge is 0.376 e. The van der Waals surface area contributed by atoms with Gasteiger partial charge in [-0.25, -0.2) is 0 Å². The van der Waals surface area contributed by atoms with Gasteiger partial charge < -0.3 is 10.5 Å². The molecule has 3 unspecified atom stereocenters. The lowest BCUT2D eigenvalue weighted by atomic mass is 9.74. The highest BCUT2D eigenvalue weighted by molar-refractivity contribution is 4.99. The van der Waals surface area contributed by atoms with Gasteiger partial charge in [0.15, 0.2) is 0 Å². The summed E-state index contributed by atoms with van der Waals surface area (Å²) in [6.07, 6.45) is 1.66. The second kappa shape index (κ2) is 1.01. The molecule has 0 bridgehead atoms. The van der Waals surface area contributed by atoms with Gasteiger partial charge in [0.25, 0.3) is 0 Å². The van der Waals surface area contributed by atoms with Crippen molar-refractivity contribution in [3.05, 3.63) is 0 Å². The molecule has 7 heavy (non-hydrogen) atoms. The molecule has 1 aliphatic carbocycles. The van der Waals surface area contributed by atoms with Crippen LogP contribution in [0.1, 0.15) is 6.42 Å². The zero-order valence-electron chi connectivity index (χ0n) is 4.13. The Morgan fingerprint density at radius 3 is 2.43 bits per heavy atom. The van der Waals surface area contributed by atoms with Gasteiger partial charge in [0, 0.05) is 12.0 Å². The zero-order chi connectivity index (χ0) is 4.85. The molecule has 1 saturated carbocycles. The van der Waals surface area contributed by atoms with Gasteiger partial charge >= 0.3 is 0 Å². The summed E-state index contributed by atoms with van der Waals surface area (Å²) < 4.78 is 5.12. The third-order valence-electron chi connectivity index (χ3n) is 1.96. The molecular formula is C5H9NO. The second-order valence-electron chi connectivity index (χ2n) is 2.46. The molecule has 0 aromatic heterocycles. The van der Waals surface area contributed by atoms with Crippen LogP contribution in [0.3, 0.4) is 0 Å². The molecule has 1 aliphatic heterocycles. The van der Waals surface area contributed by atoms with Crippen LogP contribution in [0.15, 0.2) is 0 Å². The molecule has 2 aliphatic rings. The minimum Gasteiger partial charge on any atom is -0.376 e. The van der Waals surface area contributed by atoms with Crippen molar-refractivity contribution in [3.63, 3.8) is 0 Å². The van der Waals surface area contributed by atoms with Crippen molar-refractivity contribution in [2.75, 3.05) is 6.61 Å². The van der Waals surface area contributed by atoms with Gasteiger partial charge in [-0.05, 0) is 6.42 Å². The Morgan fingerprint density at radius 2 is 2.43 bits per heavy atom. The van der Waals surface area contributed by atoms with Crippen molar-refractivity contribution in [3.8, 4) is 0 Å². The molecule has 1 saturated heterocycles. The van der Waals surface area contributed by atoms with Crippen LogP contribution in [0, 0.1) is 5.92 Å². The second-order valence-corrected chi connectivity index (χ2v) is 2.46. The van der Waals surface area contributed by atoms with E-state index in [4.69, 9.17) is 10.5 Å². The van der Waals surface area contributed by atoms with Crippen molar-refractivity contribution in [1.29, 1.82) is 0 Å². The predicted molar refractivity (Wildman–Crippen MR) is 25.8 cm³/mol. The topological polar surface area (TPSA) is 35.2 Å². The first-order chi connectivity index (χ1) is 3.38. The van der Waals surface area contributed by atoms with Crippen LogP contribution in [0.25, 0.3) is 0 Å². The smallest absolute Gasteiger partial charge is 0.0776 e. The minimum atomic E-state index is 0.374. The summed E-state index contributed by atoms with van der Waals surface area (Å²) in [7, 11) is 0. The van der Waals surface area contributed by atoms with E-state index in [1.165, 1.54) is 6.42 Å². The number of ether oxygens (including phenoxy) is 1. The molecule has 2 rings (SSSR count). The summed E-state index contributed by atoms with van der Waals surface area (Å²) in [6.45, 7) is 0.971. The van der Waals surface area contributed by atoms with E-state index < -0.39 is 0 Å². The van der Waals surface area contributed by atoms with E-state index in [0.717, 1.165) is 12.5 Å². The standard InChI is InChI=1S/C5H9NO/c6-4-1-3-2-7-5(3)4/h3-5H,1-2,6H2. The molecule has 0 amide bonds. The lowest BCUT2D eigenvalue weighted by Crippen LogP contribution is -2.62. The van der Waals surface area contributed by atoms with E-state index in [2.05, 4.69) is 0 Å². The van der Waals surface area contributed by atoms with Gasteiger partial charge in [0.1, 0.15) is 0 Å². The lowest BCUT2D eigenvalue weighted by Gasteiger charge is -2.50. The van der Waals surface area contributed by atoms with Crippen molar-refractivity contribution in [2.45, 2.75) is 18.6 Å². The minimum absolute atomic E-state index is 0.374. The molecule has 0 spiro atoms. The molecule has 2 nitrogen and oxygen atoms in total. The molecule has 3 atom stereocenters. The van der Waals surface area contributed by atoms with E-state index in [-0.39, 0.29) is 0 Å². The molecule has 0 radical (unpaired) electrons. The van der Waals surface area contributed by atoms with Crippen LogP contribution in [0.4, 0.5) is 0 Å². The van der Waals surface area contributed by atoms with E-state index >= 15 is 0 Å². The summed E-state index contributed by atoms with van der Waals surface area (Å²) in [5.74, 6) is 0.843. The maximum atomic E-state index is 5.54. The van der Waals surface area contributed by atoms with Gasteiger partial charge in [-0.15, -0.1) is 0 Å². The van der Waals surface area contributed by atoms with Crippen molar-refractivity contribution >= 4 is 0 Å². The Balaban J connectivity index is 1.99. The number of nitrogens with two attached hydrogens (primary N) is 1. The molecular weight excluding hydrogens is 90.1 g/mol. The molecule has 2 heteroatoms. The molecule has 0 aromatic rings. The average molecular weight is 99.1 g/mol. The quantitative estimate of drug-likeness (QED) is 0.454.